The molecule has 22 nitrogen and oxygen atoms in total. The summed E-state index contributed by atoms with van der Waals surface area (Å²) in [7, 11) is 0. The summed E-state index contributed by atoms with van der Waals surface area (Å²) in [4.78, 5) is 139. The van der Waals surface area contributed by atoms with Crippen LogP contribution in [-0.4, -0.2) is 65.5 Å². The lowest BCUT2D eigenvalue weighted by Crippen LogP contribution is -2.31. The van der Waals surface area contributed by atoms with Crippen molar-refractivity contribution in [1.29, 1.82) is 0 Å². The molecular weight excluding hydrogens is 1850 g/mol. The van der Waals surface area contributed by atoms with Crippen molar-refractivity contribution in [2.24, 2.45) is 0 Å². The summed E-state index contributed by atoms with van der Waals surface area (Å²) < 4.78 is 1.94. The maximum Gasteiger partial charge on any atom is 0.301 e. The van der Waals surface area contributed by atoms with E-state index in [-0.39, 0.29) is 56.1 Å². The van der Waals surface area contributed by atoms with Crippen LogP contribution in [0.3, 0.4) is 0 Å². The van der Waals surface area contributed by atoms with Crippen molar-refractivity contribution in [3.05, 3.63) is 412 Å². The van der Waals surface area contributed by atoms with Crippen molar-refractivity contribution in [3.8, 4) is 79.9 Å². The lowest BCUT2D eigenvalue weighted by atomic mass is 9.99. The Hall–Kier alpha value is -15.6. The smallest absolute Gasteiger partial charge is 0.301 e. The molecule has 0 atom stereocenters. The quantitative estimate of drug-likeness (QED) is 0.0197. The zero-order chi connectivity index (χ0) is 94.7. The minimum Gasteiger partial charge on any atom is -0.369 e. The summed E-state index contributed by atoms with van der Waals surface area (Å²) in [5.74, 6) is 2.48. The minimum atomic E-state index is -0.474. The number of nitrogens with zero attached hydrogens (tertiary/aromatic N) is 3. The second-order valence-electron chi connectivity index (χ2n) is 33.1. The number of aldehydes is 1. The average Bonchev–Trinajstić information content (AvgIpc) is 0.751. The zero-order valence-corrected chi connectivity index (χ0v) is 78.3. The highest BCUT2D eigenvalue weighted by Crippen LogP contribution is 2.40. The van der Waals surface area contributed by atoms with Gasteiger partial charge in [-0.25, -0.2) is 0 Å². The van der Waals surface area contributed by atoms with Gasteiger partial charge < -0.3 is 40.1 Å². The molecule has 24 heteroatoms. The Bertz CT molecular complexity index is 8030. The highest BCUT2D eigenvalue weighted by molar-refractivity contribution is 14.1. The maximum absolute atomic E-state index is 12.8. The van der Waals surface area contributed by atoms with Crippen molar-refractivity contribution in [2.45, 2.75) is 88.5 Å². The number of nitro groups is 2. The SMILES string of the molecule is C#Cc1ccc(-c2[nH]c(=O)c3cc(C)ccc3c2[N+](=O)[O-])cc1.Cc1ccc(-c2[nH]c(=O)c3cc(C)ccc3c2C=O)cc1.Cc1ccc(-c2[nH]c(=O)c3cc(C)ccc3c2I)cc1.Cc1ccc(-c2[nH]c(=O)c3cc(C)ccc3c2N2CCCCC2)cc1.Cc1ccc(-c2[nH]c(=O)c3cc(C)ccc3c2NC=O)cc1.Cc1ccc2c([N+](=O)[O-])c(-c3ccc(Br)cc3)[nH]c(=O)c2c1. The van der Waals surface area contributed by atoms with Crippen LogP contribution in [0.4, 0.5) is 22.7 Å². The molecule has 1 aliphatic rings. The summed E-state index contributed by atoms with van der Waals surface area (Å²) in [5.41, 5.74) is 20.7. The van der Waals surface area contributed by atoms with Gasteiger partial charge in [-0.2, -0.15) is 0 Å². The molecule has 12 aromatic carbocycles. The van der Waals surface area contributed by atoms with Gasteiger partial charge in [0.25, 0.3) is 33.4 Å². The number of halogens is 2. The number of nitrogens with one attached hydrogen (secondary N) is 7. The summed E-state index contributed by atoms with van der Waals surface area (Å²) >= 11 is 5.63. The molecule has 0 saturated carbocycles. The van der Waals surface area contributed by atoms with E-state index in [0.717, 1.165) is 132 Å². The molecule has 0 spiro atoms. The number of H-pyrrole nitrogens is 6. The fourth-order valence-corrected chi connectivity index (χ4v) is 17.4. The van der Waals surface area contributed by atoms with E-state index in [1.54, 1.807) is 91.0 Å². The predicted octanol–water partition coefficient (Wildman–Crippen LogP) is 23.8. The van der Waals surface area contributed by atoms with Crippen LogP contribution >= 0.6 is 38.5 Å². The topological polar surface area (TPSA) is 333 Å². The van der Waals surface area contributed by atoms with Crippen LogP contribution in [0.15, 0.2) is 288 Å². The molecule has 6 aromatic heterocycles. The maximum atomic E-state index is 12.8. The van der Waals surface area contributed by atoms with Crippen LogP contribution in [0.2, 0.25) is 0 Å². The van der Waals surface area contributed by atoms with E-state index in [1.807, 2.05) is 171 Å². The average molecular weight is 1940 g/mol. The first kappa shape index (κ1) is 93.6. The number of terminal acetylenes is 1. The summed E-state index contributed by atoms with van der Waals surface area (Å²) in [6.07, 6.45) is 10.5. The van der Waals surface area contributed by atoms with Gasteiger partial charge >= 0.3 is 11.4 Å². The monoisotopic (exact) mass is 1940 g/mol. The molecular formula is C109H92BrIN10O12. The van der Waals surface area contributed by atoms with Crippen LogP contribution in [0, 0.1) is 105 Å². The Morgan fingerprint density at radius 3 is 1.03 bits per heavy atom. The van der Waals surface area contributed by atoms with Crippen molar-refractivity contribution in [2.75, 3.05) is 23.3 Å². The van der Waals surface area contributed by atoms with Gasteiger partial charge in [-0.15, -0.1) is 6.42 Å². The van der Waals surface area contributed by atoms with Gasteiger partial charge in [0.05, 0.1) is 65.5 Å². The van der Waals surface area contributed by atoms with Gasteiger partial charge in [-0.05, 0) is 200 Å². The van der Waals surface area contributed by atoms with Crippen molar-refractivity contribution in [1.82, 2.24) is 29.9 Å². The number of carbonyl (C=O) groups is 2. The molecule has 0 radical (unpaired) electrons. The number of rotatable bonds is 12. The normalized spacial score (nSPS) is 11.5. The Balaban J connectivity index is 0.000000128. The number of fused-ring (bicyclic) bond motifs is 6. The number of piperidine rings is 1. The number of carbonyl (C=O) groups excluding carboxylic acids is 2. The van der Waals surface area contributed by atoms with E-state index in [0.29, 0.717) is 83.4 Å². The molecule has 19 rings (SSSR count). The minimum absolute atomic E-state index is 0.00460. The highest BCUT2D eigenvalue weighted by atomic mass is 127. The number of hydrogen-bond donors (Lipinski definition) is 7. The van der Waals surface area contributed by atoms with E-state index in [2.05, 4.69) is 147 Å². The number of hydrogen-bond acceptors (Lipinski definition) is 13. The molecule has 18 aromatic rings. The molecule has 7 heterocycles. The Labute approximate surface area is 785 Å². The number of anilines is 2. The molecule has 664 valence electrons. The summed E-state index contributed by atoms with van der Waals surface area (Å²) in [6.45, 7) is 21.8. The van der Waals surface area contributed by atoms with Crippen molar-refractivity contribution >= 4 is 139 Å². The predicted molar refractivity (Wildman–Crippen MR) is 550 cm³/mol. The van der Waals surface area contributed by atoms with Crippen LogP contribution in [0.5, 0.6) is 0 Å². The molecule has 1 saturated heterocycles. The fourth-order valence-electron chi connectivity index (χ4n) is 16.3. The number of aryl methyl sites for hydroxylation is 10. The summed E-state index contributed by atoms with van der Waals surface area (Å²) in [5, 5.41) is 33.3. The molecule has 1 aliphatic heterocycles. The third-order valence-corrected chi connectivity index (χ3v) is 24.8. The number of pyridine rings is 6. The second-order valence-corrected chi connectivity index (χ2v) is 35.0. The van der Waals surface area contributed by atoms with Gasteiger partial charge in [-0.1, -0.05) is 259 Å². The first-order chi connectivity index (χ1) is 63.9. The van der Waals surface area contributed by atoms with Crippen LogP contribution in [-0.2, 0) is 4.79 Å². The van der Waals surface area contributed by atoms with E-state index in [4.69, 9.17) is 6.42 Å². The third kappa shape index (κ3) is 21.0. The number of amides is 1. The standard InChI is InChI=1S/C22H24N2O.C18H12N2O3.C18H16N2O2.C18H15NO2.C17H14INO.C16H11BrN2O3/c1-15-6-9-17(10-7-15)20-21(24-12-4-3-5-13-24)18-11-8-16(2)14-19(18)22(25)23-20;1-3-12-5-7-13(8-6-12)16-17(20(22)23)14-9-4-11(2)10-15(14)18(21)19-16;1-11-3-6-13(7-4-11)16-17(19-10-21)14-8-5-12(2)9-15(14)18(22)20-16;1-11-3-6-13(7-4-11)17-16(10-20)14-8-5-12(2)9-15(14)18(21)19-17;1-10-3-6-12(7-4-10)16-15(18)13-8-5-11(2)9-14(13)17(20)19-16;1-9-2-7-12-13(8-9)16(20)18-14(15(12)19(21)22)10-3-5-11(17)6-4-10/h6-11,14H,3-5,12-13H2,1-2H3,(H,23,25);1,4-10H,2H3,(H,19,21);3-10H,1-2H3,(H,19,21)(H,20,22);3-10H,1-2H3,(H,19,21);3-9H,1-2H3,(H,19,20);2-8H,1H3,(H,18,20). The first-order valence-electron chi connectivity index (χ1n) is 42.8. The van der Waals surface area contributed by atoms with E-state index in [9.17, 15) is 58.6 Å². The highest BCUT2D eigenvalue weighted by Gasteiger charge is 2.27. The lowest BCUT2D eigenvalue weighted by Gasteiger charge is -2.31. The fraction of sp³-hybridized carbons (Fsp3) is 0.138. The Morgan fingerprint density at radius 1 is 0.346 bits per heavy atom. The number of benzene rings is 12. The molecule has 1 amide bonds. The Morgan fingerprint density at radius 2 is 0.632 bits per heavy atom. The second kappa shape index (κ2) is 41.0. The van der Waals surface area contributed by atoms with Gasteiger partial charge in [0.2, 0.25) is 6.41 Å². The van der Waals surface area contributed by atoms with Crippen LogP contribution < -0.4 is 43.6 Å². The van der Waals surface area contributed by atoms with Crippen LogP contribution in [0.25, 0.3) is 132 Å². The van der Waals surface area contributed by atoms with E-state index in [1.165, 1.54) is 36.1 Å². The lowest BCUT2D eigenvalue weighted by molar-refractivity contribution is -0.382. The van der Waals surface area contributed by atoms with E-state index >= 15 is 0 Å². The largest absolute Gasteiger partial charge is 0.369 e. The Kier molecular flexibility index (Phi) is 28.9. The van der Waals surface area contributed by atoms with Gasteiger partial charge in [0.15, 0.2) is 6.29 Å². The molecule has 0 aliphatic carbocycles. The summed E-state index contributed by atoms with van der Waals surface area (Å²) in [6, 6.07) is 79.3. The molecule has 7 N–H and O–H groups in total. The number of aromatic amines is 6. The van der Waals surface area contributed by atoms with Crippen molar-refractivity contribution in [3.63, 3.8) is 0 Å². The van der Waals surface area contributed by atoms with E-state index < -0.39 is 9.85 Å². The first-order valence-corrected chi connectivity index (χ1v) is 44.7. The van der Waals surface area contributed by atoms with Gasteiger partial charge in [0.1, 0.15) is 11.4 Å². The molecule has 0 unspecified atom stereocenters. The van der Waals surface area contributed by atoms with Gasteiger partial charge in [-0.3, -0.25) is 58.6 Å². The zero-order valence-electron chi connectivity index (χ0n) is 74.5. The molecule has 133 heavy (non-hydrogen) atoms. The van der Waals surface area contributed by atoms with Crippen molar-refractivity contribution < 1.29 is 19.4 Å². The number of aromatic nitrogens is 6. The van der Waals surface area contributed by atoms with Crippen LogP contribution in [0.1, 0.15) is 90.8 Å². The molecule has 1 fully saturated rings. The third-order valence-electron chi connectivity index (χ3n) is 23.2. The van der Waals surface area contributed by atoms with Gasteiger partial charge in [0, 0.05) is 92.2 Å². The molecule has 0 bridgehead atoms.